The predicted molar refractivity (Wildman–Crippen MR) is 117 cm³/mol. The van der Waals surface area contributed by atoms with Crippen LogP contribution in [0.3, 0.4) is 0 Å². The van der Waals surface area contributed by atoms with Crippen molar-refractivity contribution in [1.82, 2.24) is 24.6 Å². The van der Waals surface area contributed by atoms with Crippen LogP contribution < -0.4 is 14.8 Å². The lowest BCUT2D eigenvalue weighted by molar-refractivity contribution is -0.121. The molecule has 170 valence electrons. The monoisotopic (exact) mass is 459 g/mol. The van der Waals surface area contributed by atoms with Crippen LogP contribution in [0.25, 0.3) is 11.0 Å². The quantitative estimate of drug-likeness (QED) is 0.548. The number of carbonyl (C=O) groups excluding carboxylic acids is 1. The third kappa shape index (κ3) is 4.26. The predicted octanol–water partition coefficient (Wildman–Crippen LogP) is 2.07. The van der Waals surface area contributed by atoms with Gasteiger partial charge in [0.05, 0.1) is 23.0 Å². The highest BCUT2D eigenvalue weighted by atomic mass is 32.2. The second kappa shape index (κ2) is 8.75. The number of sulfonamides is 1. The molecule has 1 N–H and O–H groups in total. The zero-order chi connectivity index (χ0) is 22.9. The van der Waals surface area contributed by atoms with Gasteiger partial charge < -0.3 is 14.8 Å². The zero-order valence-electron chi connectivity index (χ0n) is 18.1. The number of benzene rings is 2. The summed E-state index contributed by atoms with van der Waals surface area (Å²) < 4.78 is 39.3. The number of aromatic nitrogens is 3. The first-order valence-corrected chi connectivity index (χ1v) is 11.7. The van der Waals surface area contributed by atoms with Crippen molar-refractivity contribution in [2.45, 2.75) is 37.8 Å². The van der Waals surface area contributed by atoms with E-state index < -0.39 is 15.9 Å². The second-order valence-corrected chi connectivity index (χ2v) is 9.71. The van der Waals surface area contributed by atoms with Gasteiger partial charge >= 0.3 is 0 Å². The summed E-state index contributed by atoms with van der Waals surface area (Å²) in [6.07, 6.45) is 0.878. The molecule has 0 unspecified atom stereocenters. The molecule has 1 atom stereocenters. The lowest BCUT2D eigenvalue weighted by atomic mass is 10.2. The van der Waals surface area contributed by atoms with Crippen LogP contribution >= 0.6 is 0 Å². The van der Waals surface area contributed by atoms with Crippen molar-refractivity contribution in [3.63, 3.8) is 0 Å². The summed E-state index contributed by atoms with van der Waals surface area (Å²) in [6, 6.07) is 10.2. The van der Waals surface area contributed by atoms with E-state index >= 15 is 0 Å². The van der Waals surface area contributed by atoms with Crippen molar-refractivity contribution in [3.8, 4) is 11.5 Å². The fraction of sp³-hybridized carbons (Fsp3) is 0.381. The van der Waals surface area contributed by atoms with Gasteiger partial charge in [0.25, 0.3) is 0 Å². The Bertz CT molecular complexity index is 1260. The van der Waals surface area contributed by atoms with Crippen LogP contribution in [-0.4, -0.2) is 54.0 Å². The van der Waals surface area contributed by atoms with Crippen molar-refractivity contribution in [1.29, 1.82) is 0 Å². The number of hydrogen-bond donors (Lipinski definition) is 1. The number of rotatable bonds is 8. The molecule has 4 rings (SSSR count). The van der Waals surface area contributed by atoms with Crippen LogP contribution in [0.15, 0.2) is 41.3 Å². The highest BCUT2D eigenvalue weighted by Gasteiger charge is 2.24. The van der Waals surface area contributed by atoms with E-state index in [0.717, 1.165) is 21.8 Å². The average Bonchev–Trinajstić information content (AvgIpc) is 3.43. The average molecular weight is 460 g/mol. The van der Waals surface area contributed by atoms with E-state index in [1.807, 2.05) is 19.9 Å². The third-order valence-electron chi connectivity index (χ3n) is 5.45. The van der Waals surface area contributed by atoms with Gasteiger partial charge in [0.15, 0.2) is 11.5 Å². The molecule has 32 heavy (non-hydrogen) atoms. The molecule has 1 amide bonds. The van der Waals surface area contributed by atoms with Gasteiger partial charge in [0.1, 0.15) is 5.52 Å². The van der Waals surface area contributed by atoms with Crippen LogP contribution in [0.4, 0.5) is 0 Å². The summed E-state index contributed by atoms with van der Waals surface area (Å²) in [5.41, 5.74) is 2.08. The molecule has 0 fully saturated rings. The van der Waals surface area contributed by atoms with Gasteiger partial charge in [0.2, 0.25) is 22.7 Å². The number of amides is 1. The topological polar surface area (TPSA) is 116 Å². The summed E-state index contributed by atoms with van der Waals surface area (Å²) in [5.74, 6) is 0.863. The third-order valence-corrected chi connectivity index (χ3v) is 7.25. The Morgan fingerprint density at radius 3 is 2.78 bits per heavy atom. The minimum absolute atomic E-state index is 0.0623. The second-order valence-electron chi connectivity index (χ2n) is 7.67. The standard InChI is InChI=1S/C21H25N5O5S/c1-4-14(2)26-18-7-6-16(10-17(18)23-24-26)32(28,29)25(3)12-21(27)22-11-15-5-8-19-20(9-15)31-13-30-19/h5-10,14H,4,11-13H2,1-3H3,(H,22,27)/t14-/m1/s1. The summed E-state index contributed by atoms with van der Waals surface area (Å²) in [5, 5.41) is 11.0. The van der Waals surface area contributed by atoms with Gasteiger partial charge in [0, 0.05) is 13.6 Å². The fourth-order valence-corrected chi connectivity index (χ4v) is 4.50. The van der Waals surface area contributed by atoms with Crippen LogP contribution in [0.1, 0.15) is 31.9 Å². The molecule has 11 heteroatoms. The fourth-order valence-electron chi connectivity index (χ4n) is 3.36. The molecular formula is C21H25N5O5S. The van der Waals surface area contributed by atoms with E-state index in [9.17, 15) is 13.2 Å². The number of carbonyl (C=O) groups is 1. The van der Waals surface area contributed by atoms with Gasteiger partial charge in [-0.25, -0.2) is 13.1 Å². The SMILES string of the molecule is CC[C@@H](C)n1nnc2cc(S(=O)(=O)N(C)CC(=O)NCc3ccc4c(c3)OCO4)ccc21. The van der Waals surface area contributed by atoms with Crippen LogP contribution in [-0.2, 0) is 21.4 Å². The minimum Gasteiger partial charge on any atom is -0.454 e. The maximum absolute atomic E-state index is 13.0. The lowest BCUT2D eigenvalue weighted by Crippen LogP contribution is -2.38. The van der Waals surface area contributed by atoms with Crippen molar-refractivity contribution < 1.29 is 22.7 Å². The number of ether oxygens (including phenoxy) is 2. The molecule has 1 aliphatic rings. The van der Waals surface area contributed by atoms with Gasteiger partial charge in [-0.15, -0.1) is 5.10 Å². The number of fused-ring (bicyclic) bond motifs is 2. The first-order valence-electron chi connectivity index (χ1n) is 10.3. The summed E-state index contributed by atoms with van der Waals surface area (Å²) in [7, 11) is -2.50. The smallest absolute Gasteiger partial charge is 0.243 e. The molecule has 0 bridgehead atoms. The van der Waals surface area contributed by atoms with Crippen molar-refractivity contribution in [2.24, 2.45) is 0 Å². The molecule has 1 aliphatic heterocycles. The van der Waals surface area contributed by atoms with Gasteiger partial charge in [-0.1, -0.05) is 18.2 Å². The summed E-state index contributed by atoms with van der Waals surface area (Å²) in [6.45, 7) is 4.17. The maximum Gasteiger partial charge on any atom is 0.243 e. The van der Waals surface area contributed by atoms with E-state index in [-0.39, 0.29) is 30.8 Å². The molecule has 0 radical (unpaired) electrons. The molecule has 0 aliphatic carbocycles. The van der Waals surface area contributed by atoms with E-state index in [1.54, 1.807) is 22.9 Å². The molecule has 0 saturated carbocycles. The van der Waals surface area contributed by atoms with Crippen molar-refractivity contribution in [3.05, 3.63) is 42.0 Å². The van der Waals surface area contributed by atoms with E-state index in [2.05, 4.69) is 15.6 Å². The molecular weight excluding hydrogens is 434 g/mol. The Morgan fingerprint density at radius 2 is 2.00 bits per heavy atom. The molecule has 2 aromatic carbocycles. The highest BCUT2D eigenvalue weighted by molar-refractivity contribution is 7.89. The zero-order valence-corrected chi connectivity index (χ0v) is 18.9. The minimum atomic E-state index is -3.87. The van der Waals surface area contributed by atoms with Crippen LogP contribution in [0, 0.1) is 0 Å². The Kier molecular flexibility index (Phi) is 6.02. The molecule has 0 spiro atoms. The number of nitrogens with zero attached hydrogens (tertiary/aromatic N) is 4. The Balaban J connectivity index is 1.41. The summed E-state index contributed by atoms with van der Waals surface area (Å²) in [4.78, 5) is 12.4. The normalized spacial score (nSPS) is 14.1. The number of hydrogen-bond acceptors (Lipinski definition) is 7. The summed E-state index contributed by atoms with van der Waals surface area (Å²) >= 11 is 0. The van der Waals surface area contributed by atoms with Gasteiger partial charge in [-0.2, -0.15) is 4.31 Å². The first kappa shape index (κ1) is 22.0. The van der Waals surface area contributed by atoms with Gasteiger partial charge in [-0.05, 0) is 49.2 Å². The Labute approximate surface area is 186 Å². The first-order chi connectivity index (χ1) is 15.3. The van der Waals surface area contributed by atoms with Crippen LogP contribution in [0.5, 0.6) is 11.5 Å². The van der Waals surface area contributed by atoms with Gasteiger partial charge in [-0.3, -0.25) is 4.79 Å². The van der Waals surface area contributed by atoms with Crippen molar-refractivity contribution >= 4 is 27.0 Å². The maximum atomic E-state index is 13.0. The highest BCUT2D eigenvalue weighted by Crippen LogP contribution is 2.32. The molecule has 3 aromatic rings. The Morgan fingerprint density at radius 1 is 1.22 bits per heavy atom. The number of nitrogens with one attached hydrogen (secondary N) is 1. The van der Waals surface area contributed by atoms with Crippen molar-refractivity contribution in [2.75, 3.05) is 20.4 Å². The van der Waals surface area contributed by atoms with E-state index in [0.29, 0.717) is 17.0 Å². The Hall–Kier alpha value is -3.18. The van der Waals surface area contributed by atoms with E-state index in [4.69, 9.17) is 9.47 Å². The molecule has 0 saturated heterocycles. The largest absolute Gasteiger partial charge is 0.454 e. The number of likely N-dealkylation sites (N-methyl/N-ethyl adjacent to an activating group) is 1. The molecule has 2 heterocycles. The molecule has 1 aromatic heterocycles. The van der Waals surface area contributed by atoms with Crippen LogP contribution in [0.2, 0.25) is 0 Å². The lowest BCUT2D eigenvalue weighted by Gasteiger charge is -2.17. The molecule has 10 nitrogen and oxygen atoms in total. The van der Waals surface area contributed by atoms with E-state index in [1.165, 1.54) is 19.2 Å².